The predicted molar refractivity (Wildman–Crippen MR) is 120 cm³/mol. The molecule has 3 rings (SSSR count). The molecule has 5 nitrogen and oxygen atoms in total. The maximum atomic E-state index is 12.6. The third-order valence-electron chi connectivity index (χ3n) is 5.52. The Labute approximate surface area is 179 Å². The zero-order chi connectivity index (χ0) is 21.3. The summed E-state index contributed by atoms with van der Waals surface area (Å²) in [6.07, 6.45) is 2.64. The number of hydrogen-bond donors (Lipinski definition) is 0. The fourth-order valence-corrected chi connectivity index (χ4v) is 3.86. The van der Waals surface area contributed by atoms with Crippen LogP contribution in [0.1, 0.15) is 49.0 Å². The van der Waals surface area contributed by atoms with Crippen molar-refractivity contribution in [3.63, 3.8) is 0 Å². The minimum atomic E-state index is 0.0377. The molecule has 0 unspecified atom stereocenters. The molecule has 1 fully saturated rings. The number of carbonyl (C=O) groups excluding carboxylic acids is 2. The van der Waals surface area contributed by atoms with E-state index in [1.54, 1.807) is 0 Å². The van der Waals surface area contributed by atoms with Crippen molar-refractivity contribution in [2.45, 2.75) is 39.5 Å². The molecule has 30 heavy (non-hydrogen) atoms. The highest BCUT2D eigenvalue weighted by Gasteiger charge is 2.23. The number of benzene rings is 2. The van der Waals surface area contributed by atoms with Crippen molar-refractivity contribution in [3.05, 3.63) is 59.7 Å². The molecule has 1 heterocycles. The van der Waals surface area contributed by atoms with Gasteiger partial charge < -0.3 is 14.5 Å². The molecule has 1 aliphatic heterocycles. The summed E-state index contributed by atoms with van der Waals surface area (Å²) in [7, 11) is 0. The van der Waals surface area contributed by atoms with Gasteiger partial charge in [-0.2, -0.15) is 0 Å². The summed E-state index contributed by atoms with van der Waals surface area (Å²) in [4.78, 5) is 29.2. The summed E-state index contributed by atoms with van der Waals surface area (Å²) in [6.45, 7) is 7.62. The molecule has 0 bridgehead atoms. The Morgan fingerprint density at radius 2 is 1.60 bits per heavy atom. The van der Waals surface area contributed by atoms with Crippen molar-refractivity contribution in [2.75, 3.05) is 37.7 Å². The number of para-hydroxylation sites is 2. The number of nitrogens with zero attached hydrogens (tertiary/aromatic N) is 2. The third-order valence-corrected chi connectivity index (χ3v) is 5.52. The van der Waals surface area contributed by atoms with Crippen LogP contribution in [0.25, 0.3) is 0 Å². The molecule has 2 aromatic carbocycles. The average Bonchev–Trinajstić information content (AvgIpc) is 2.79. The normalized spacial score (nSPS) is 13.9. The molecule has 0 aliphatic carbocycles. The minimum Gasteiger partial charge on any atom is -0.492 e. The van der Waals surface area contributed by atoms with Crippen molar-refractivity contribution in [2.24, 2.45) is 0 Å². The topological polar surface area (TPSA) is 49.9 Å². The van der Waals surface area contributed by atoms with Gasteiger partial charge in [-0.1, -0.05) is 49.7 Å². The molecule has 1 saturated heterocycles. The average molecular weight is 409 g/mol. The molecule has 0 N–H and O–H groups in total. The molecule has 1 aliphatic rings. The number of hydrogen-bond acceptors (Lipinski definition) is 4. The maximum absolute atomic E-state index is 12.6. The Morgan fingerprint density at radius 1 is 0.900 bits per heavy atom. The predicted octanol–water partition coefficient (Wildman–Crippen LogP) is 4.35. The van der Waals surface area contributed by atoms with Gasteiger partial charge in [0.25, 0.3) is 0 Å². The van der Waals surface area contributed by atoms with E-state index in [1.807, 2.05) is 54.3 Å². The van der Waals surface area contributed by atoms with Gasteiger partial charge in [0, 0.05) is 44.6 Å². The largest absolute Gasteiger partial charge is 0.492 e. The number of carbonyl (C=O) groups is 2. The fraction of sp³-hybridized carbons (Fsp3) is 0.440. The van der Waals surface area contributed by atoms with E-state index in [1.165, 1.54) is 5.56 Å². The first-order valence-corrected chi connectivity index (χ1v) is 11.0. The molecule has 0 saturated carbocycles. The number of amides is 1. The molecule has 160 valence electrons. The molecule has 1 amide bonds. The second-order valence-corrected chi connectivity index (χ2v) is 7.64. The van der Waals surface area contributed by atoms with Crippen LogP contribution in [-0.4, -0.2) is 49.4 Å². The number of aryl methyl sites for hydroxylation is 1. The fourth-order valence-electron chi connectivity index (χ4n) is 3.86. The Morgan fingerprint density at radius 3 is 2.27 bits per heavy atom. The first-order chi connectivity index (χ1) is 14.6. The highest BCUT2D eigenvalue weighted by molar-refractivity contribution is 5.98. The van der Waals surface area contributed by atoms with Crippen LogP contribution in [-0.2, 0) is 11.2 Å². The summed E-state index contributed by atoms with van der Waals surface area (Å²) >= 11 is 0. The zero-order valence-corrected chi connectivity index (χ0v) is 18.1. The Kier molecular flexibility index (Phi) is 7.89. The first-order valence-electron chi connectivity index (χ1n) is 11.0. The molecule has 2 aromatic rings. The Bertz CT molecular complexity index is 840. The summed E-state index contributed by atoms with van der Waals surface area (Å²) in [5, 5.41) is 0. The van der Waals surface area contributed by atoms with Crippen LogP contribution in [0.15, 0.2) is 48.5 Å². The van der Waals surface area contributed by atoms with Crippen molar-refractivity contribution < 1.29 is 14.3 Å². The van der Waals surface area contributed by atoms with Gasteiger partial charge >= 0.3 is 0 Å². The molecule has 5 heteroatoms. The summed E-state index contributed by atoms with van der Waals surface area (Å²) in [5.41, 5.74) is 3.02. The van der Waals surface area contributed by atoms with E-state index in [-0.39, 0.29) is 24.5 Å². The standard InChI is InChI=1S/C25H32N2O3/c1-3-7-20-10-12-21(13-11-20)23(28)14-15-25(29)27-18-16-26(17-19-27)22-8-5-6-9-24(22)30-4-2/h5-6,8-13H,3-4,7,14-19H2,1-2H3. The van der Waals surface area contributed by atoms with Crippen molar-refractivity contribution in [3.8, 4) is 5.75 Å². The van der Waals surface area contributed by atoms with E-state index in [0.29, 0.717) is 25.3 Å². The maximum Gasteiger partial charge on any atom is 0.223 e. The number of piperazine rings is 1. The second-order valence-electron chi connectivity index (χ2n) is 7.64. The number of ether oxygens (including phenoxy) is 1. The van der Waals surface area contributed by atoms with Crippen LogP contribution >= 0.6 is 0 Å². The van der Waals surface area contributed by atoms with Gasteiger partial charge in [-0.3, -0.25) is 9.59 Å². The lowest BCUT2D eigenvalue weighted by molar-refractivity contribution is -0.131. The smallest absolute Gasteiger partial charge is 0.223 e. The van der Waals surface area contributed by atoms with Crippen LogP contribution in [0.3, 0.4) is 0 Å². The van der Waals surface area contributed by atoms with Gasteiger partial charge in [-0.15, -0.1) is 0 Å². The Balaban J connectivity index is 1.48. The van der Waals surface area contributed by atoms with Crippen LogP contribution in [0.2, 0.25) is 0 Å². The first kappa shape index (κ1) is 21.9. The quantitative estimate of drug-likeness (QED) is 0.579. The van der Waals surface area contributed by atoms with E-state index in [0.717, 1.165) is 37.4 Å². The van der Waals surface area contributed by atoms with Gasteiger partial charge in [-0.05, 0) is 31.0 Å². The van der Waals surface area contributed by atoms with E-state index in [9.17, 15) is 9.59 Å². The highest BCUT2D eigenvalue weighted by Crippen LogP contribution is 2.28. The van der Waals surface area contributed by atoms with Gasteiger partial charge in [-0.25, -0.2) is 0 Å². The van der Waals surface area contributed by atoms with E-state index >= 15 is 0 Å². The molecular weight excluding hydrogens is 376 g/mol. The van der Waals surface area contributed by atoms with Crippen LogP contribution in [0.4, 0.5) is 5.69 Å². The third kappa shape index (κ3) is 5.62. The summed E-state index contributed by atoms with van der Waals surface area (Å²) in [6, 6.07) is 15.8. The SMILES string of the molecule is CCCc1ccc(C(=O)CCC(=O)N2CCN(c3ccccc3OCC)CC2)cc1. The van der Waals surface area contributed by atoms with E-state index < -0.39 is 0 Å². The number of rotatable bonds is 9. The van der Waals surface area contributed by atoms with Crippen LogP contribution < -0.4 is 9.64 Å². The van der Waals surface area contributed by atoms with Crippen LogP contribution in [0, 0.1) is 0 Å². The molecule has 0 radical (unpaired) electrons. The summed E-state index contributed by atoms with van der Waals surface area (Å²) < 4.78 is 5.73. The van der Waals surface area contributed by atoms with Crippen molar-refractivity contribution in [1.82, 2.24) is 4.90 Å². The van der Waals surface area contributed by atoms with E-state index in [2.05, 4.69) is 17.9 Å². The van der Waals surface area contributed by atoms with E-state index in [4.69, 9.17) is 4.74 Å². The van der Waals surface area contributed by atoms with Gasteiger partial charge in [0.15, 0.2) is 5.78 Å². The highest BCUT2D eigenvalue weighted by atomic mass is 16.5. The van der Waals surface area contributed by atoms with Gasteiger partial charge in [0.1, 0.15) is 5.75 Å². The second kappa shape index (κ2) is 10.8. The number of ketones is 1. The van der Waals surface area contributed by atoms with Gasteiger partial charge in [0.2, 0.25) is 5.91 Å². The zero-order valence-electron chi connectivity index (χ0n) is 18.1. The lowest BCUT2D eigenvalue weighted by Gasteiger charge is -2.36. The van der Waals surface area contributed by atoms with Gasteiger partial charge in [0.05, 0.1) is 12.3 Å². The molecule has 0 aromatic heterocycles. The number of Topliss-reactive ketones (excluding diaryl/α,β-unsaturated/α-hetero) is 1. The van der Waals surface area contributed by atoms with Crippen molar-refractivity contribution in [1.29, 1.82) is 0 Å². The lowest BCUT2D eigenvalue weighted by atomic mass is 10.0. The Hall–Kier alpha value is -2.82. The number of anilines is 1. The van der Waals surface area contributed by atoms with Crippen LogP contribution in [0.5, 0.6) is 5.75 Å². The molecule has 0 atom stereocenters. The molecule has 0 spiro atoms. The molecular formula is C25H32N2O3. The summed E-state index contributed by atoms with van der Waals surface area (Å²) in [5.74, 6) is 0.981. The van der Waals surface area contributed by atoms with Crippen molar-refractivity contribution >= 4 is 17.4 Å². The monoisotopic (exact) mass is 408 g/mol. The lowest BCUT2D eigenvalue weighted by Crippen LogP contribution is -2.48. The minimum absolute atomic E-state index is 0.0377.